The number of nitro groups is 1. The van der Waals surface area contributed by atoms with Crippen LogP contribution < -0.4 is 5.32 Å². The number of hydrogen-bond acceptors (Lipinski definition) is 5. The zero-order valence-electron chi connectivity index (χ0n) is 12.0. The van der Waals surface area contributed by atoms with Gasteiger partial charge in [-0.15, -0.1) is 0 Å². The minimum absolute atomic E-state index is 0.0200. The van der Waals surface area contributed by atoms with E-state index in [2.05, 4.69) is 5.32 Å². The summed E-state index contributed by atoms with van der Waals surface area (Å²) in [5.74, 6) is -2.31. The van der Waals surface area contributed by atoms with E-state index < -0.39 is 34.9 Å². The van der Waals surface area contributed by atoms with Crippen molar-refractivity contribution in [3.63, 3.8) is 0 Å². The maximum Gasteiger partial charge on any atom is 0.345 e. The second-order valence-electron chi connectivity index (χ2n) is 4.52. The summed E-state index contributed by atoms with van der Waals surface area (Å²) in [5.41, 5.74) is -0.551. The van der Waals surface area contributed by atoms with Crippen molar-refractivity contribution >= 4 is 34.9 Å². The van der Waals surface area contributed by atoms with Crippen LogP contribution in [0.2, 0.25) is 5.02 Å². The van der Waals surface area contributed by atoms with Crippen LogP contribution in [0, 0.1) is 15.9 Å². The first kappa shape index (κ1) is 17.4. The molecule has 1 N–H and O–H groups in total. The zero-order valence-corrected chi connectivity index (χ0v) is 12.7. The molecule has 124 valence electrons. The summed E-state index contributed by atoms with van der Waals surface area (Å²) >= 11 is 5.75. The molecule has 0 fully saturated rings. The summed E-state index contributed by atoms with van der Waals surface area (Å²) in [4.78, 5) is 33.7. The molecule has 0 bridgehead atoms. The summed E-state index contributed by atoms with van der Waals surface area (Å²) in [6.45, 7) is -0.682. The first-order valence-corrected chi connectivity index (χ1v) is 6.91. The maximum absolute atomic E-state index is 12.9. The number of nitrogens with zero attached hydrogens (tertiary/aromatic N) is 1. The molecule has 0 heterocycles. The number of nitrogens with one attached hydrogen (secondary N) is 1. The van der Waals surface area contributed by atoms with Gasteiger partial charge in [-0.25, -0.2) is 9.18 Å². The van der Waals surface area contributed by atoms with Gasteiger partial charge in [0.15, 0.2) is 6.61 Å². The fraction of sp³-hybridized carbons (Fsp3) is 0.0667. The predicted molar refractivity (Wildman–Crippen MR) is 83.4 cm³/mol. The molecule has 0 spiro atoms. The molecule has 0 aliphatic carbocycles. The van der Waals surface area contributed by atoms with Gasteiger partial charge in [-0.2, -0.15) is 0 Å². The van der Waals surface area contributed by atoms with Gasteiger partial charge in [0, 0.05) is 6.07 Å². The number of carbonyl (C=O) groups excluding carboxylic acids is 2. The van der Waals surface area contributed by atoms with Crippen molar-refractivity contribution in [1.82, 2.24) is 0 Å². The van der Waals surface area contributed by atoms with E-state index in [9.17, 15) is 24.1 Å². The van der Waals surface area contributed by atoms with E-state index in [1.54, 1.807) is 0 Å². The smallest absolute Gasteiger partial charge is 0.345 e. The SMILES string of the molecule is O=C(COC(=O)c1ccccc1[N+](=O)[O-])Nc1ccc(F)cc1Cl. The van der Waals surface area contributed by atoms with Gasteiger partial charge < -0.3 is 10.1 Å². The molecule has 2 aromatic carbocycles. The Bertz CT molecular complexity index is 812. The number of esters is 1. The summed E-state index contributed by atoms with van der Waals surface area (Å²) in [5, 5.41) is 13.2. The molecule has 24 heavy (non-hydrogen) atoms. The Hall–Kier alpha value is -3.00. The Morgan fingerprint density at radius 3 is 2.62 bits per heavy atom. The first-order valence-electron chi connectivity index (χ1n) is 6.54. The van der Waals surface area contributed by atoms with E-state index in [0.717, 1.165) is 18.2 Å². The fourth-order valence-electron chi connectivity index (χ4n) is 1.79. The number of carbonyl (C=O) groups is 2. The molecular weight excluding hydrogens is 343 g/mol. The molecular formula is C15H10ClFN2O5. The van der Waals surface area contributed by atoms with Crippen molar-refractivity contribution in [2.24, 2.45) is 0 Å². The molecule has 0 aliphatic heterocycles. The van der Waals surface area contributed by atoms with Gasteiger partial charge in [-0.05, 0) is 24.3 Å². The lowest BCUT2D eigenvalue weighted by Crippen LogP contribution is -2.21. The largest absolute Gasteiger partial charge is 0.452 e. The Morgan fingerprint density at radius 2 is 1.96 bits per heavy atom. The lowest BCUT2D eigenvalue weighted by Gasteiger charge is -2.08. The van der Waals surface area contributed by atoms with Crippen LogP contribution in [0.4, 0.5) is 15.8 Å². The molecule has 0 aromatic heterocycles. The van der Waals surface area contributed by atoms with Crippen molar-refractivity contribution < 1.29 is 23.6 Å². The first-order chi connectivity index (χ1) is 11.4. The third-order valence-electron chi connectivity index (χ3n) is 2.86. The molecule has 0 saturated carbocycles. The third kappa shape index (κ3) is 4.26. The highest BCUT2D eigenvalue weighted by molar-refractivity contribution is 6.33. The van der Waals surface area contributed by atoms with Crippen LogP contribution in [-0.2, 0) is 9.53 Å². The average Bonchev–Trinajstić information content (AvgIpc) is 2.55. The van der Waals surface area contributed by atoms with E-state index in [1.807, 2.05) is 0 Å². The van der Waals surface area contributed by atoms with Crippen molar-refractivity contribution in [3.05, 3.63) is 69.0 Å². The maximum atomic E-state index is 12.9. The van der Waals surface area contributed by atoms with E-state index in [-0.39, 0.29) is 16.3 Å². The summed E-state index contributed by atoms with van der Waals surface area (Å²) in [6.07, 6.45) is 0. The number of ether oxygens (including phenoxy) is 1. The van der Waals surface area contributed by atoms with Gasteiger partial charge in [0.1, 0.15) is 11.4 Å². The standard InChI is InChI=1S/C15H10ClFN2O5/c16-11-7-9(17)5-6-12(11)18-14(20)8-24-15(21)10-3-1-2-4-13(10)19(22)23/h1-7H,8H2,(H,18,20). The molecule has 9 heteroatoms. The number of nitro benzene ring substituents is 1. The molecule has 2 rings (SSSR count). The second kappa shape index (κ2) is 7.51. The van der Waals surface area contributed by atoms with E-state index in [1.165, 1.54) is 24.3 Å². The minimum atomic E-state index is -1.01. The van der Waals surface area contributed by atoms with E-state index in [4.69, 9.17) is 16.3 Å². The summed E-state index contributed by atoms with van der Waals surface area (Å²) in [7, 11) is 0. The predicted octanol–water partition coefficient (Wildman–Crippen LogP) is 3.18. The van der Waals surface area contributed by atoms with Crippen molar-refractivity contribution in [3.8, 4) is 0 Å². The number of halogens is 2. The highest BCUT2D eigenvalue weighted by Gasteiger charge is 2.21. The van der Waals surface area contributed by atoms with Crippen LogP contribution in [0.5, 0.6) is 0 Å². The number of anilines is 1. The Kier molecular flexibility index (Phi) is 5.43. The highest BCUT2D eigenvalue weighted by Crippen LogP contribution is 2.22. The highest BCUT2D eigenvalue weighted by atomic mass is 35.5. The molecule has 2 aromatic rings. The monoisotopic (exact) mass is 352 g/mol. The van der Waals surface area contributed by atoms with Gasteiger partial charge in [-0.3, -0.25) is 14.9 Å². The minimum Gasteiger partial charge on any atom is -0.452 e. The average molecular weight is 353 g/mol. The van der Waals surface area contributed by atoms with Crippen molar-refractivity contribution in [1.29, 1.82) is 0 Å². The number of rotatable bonds is 5. The topological polar surface area (TPSA) is 98.5 Å². The van der Waals surface area contributed by atoms with Gasteiger partial charge >= 0.3 is 5.97 Å². The Labute approximate surface area is 140 Å². The van der Waals surface area contributed by atoms with Crippen molar-refractivity contribution in [2.75, 3.05) is 11.9 Å². The molecule has 0 aliphatic rings. The van der Waals surface area contributed by atoms with Gasteiger partial charge in [-0.1, -0.05) is 23.7 Å². The van der Waals surface area contributed by atoms with E-state index in [0.29, 0.717) is 0 Å². The molecule has 1 amide bonds. The fourth-order valence-corrected chi connectivity index (χ4v) is 2.01. The number of para-hydroxylation sites is 1. The molecule has 0 radical (unpaired) electrons. The Balaban J connectivity index is 1.99. The second-order valence-corrected chi connectivity index (χ2v) is 4.93. The summed E-state index contributed by atoms with van der Waals surface area (Å²) in [6, 6.07) is 8.56. The molecule has 0 saturated heterocycles. The van der Waals surface area contributed by atoms with Crippen LogP contribution in [0.1, 0.15) is 10.4 Å². The van der Waals surface area contributed by atoms with Crippen LogP contribution in [0.15, 0.2) is 42.5 Å². The summed E-state index contributed by atoms with van der Waals surface area (Å²) < 4.78 is 17.7. The normalized spacial score (nSPS) is 10.1. The number of hydrogen-bond donors (Lipinski definition) is 1. The number of benzene rings is 2. The molecule has 0 atom stereocenters. The van der Waals surface area contributed by atoms with Gasteiger partial charge in [0.05, 0.1) is 15.6 Å². The van der Waals surface area contributed by atoms with Crippen molar-refractivity contribution in [2.45, 2.75) is 0 Å². The van der Waals surface area contributed by atoms with Gasteiger partial charge in [0.2, 0.25) is 0 Å². The van der Waals surface area contributed by atoms with Gasteiger partial charge in [0.25, 0.3) is 11.6 Å². The van der Waals surface area contributed by atoms with Crippen LogP contribution in [0.3, 0.4) is 0 Å². The lowest BCUT2D eigenvalue weighted by molar-refractivity contribution is -0.385. The lowest BCUT2D eigenvalue weighted by atomic mass is 10.2. The molecule has 0 unspecified atom stereocenters. The zero-order chi connectivity index (χ0) is 17.7. The van der Waals surface area contributed by atoms with Crippen LogP contribution in [-0.4, -0.2) is 23.4 Å². The third-order valence-corrected chi connectivity index (χ3v) is 3.17. The molecule has 7 nitrogen and oxygen atoms in total. The quantitative estimate of drug-likeness (QED) is 0.506. The van der Waals surface area contributed by atoms with E-state index >= 15 is 0 Å². The van der Waals surface area contributed by atoms with Crippen LogP contribution in [0.25, 0.3) is 0 Å². The van der Waals surface area contributed by atoms with Crippen LogP contribution >= 0.6 is 11.6 Å². The number of amides is 1. The Morgan fingerprint density at radius 1 is 1.25 bits per heavy atom.